The van der Waals surface area contributed by atoms with Crippen LogP contribution in [0, 0.1) is 0 Å². The number of ether oxygens (including phenoxy) is 1. The predicted octanol–water partition coefficient (Wildman–Crippen LogP) is 17.6. The smallest absolute Gasteiger partial charge is 0.306 e. The van der Waals surface area contributed by atoms with Gasteiger partial charge < -0.3 is 20.3 Å². The van der Waals surface area contributed by atoms with E-state index in [2.05, 4.69) is 86.8 Å². The molecule has 384 valence electrons. The lowest BCUT2D eigenvalue weighted by Gasteiger charge is -2.24. The highest BCUT2D eigenvalue weighted by molar-refractivity contribution is 5.77. The average molecular weight is 925 g/mol. The monoisotopic (exact) mass is 924 g/mol. The van der Waals surface area contributed by atoms with Crippen molar-refractivity contribution in [2.24, 2.45) is 0 Å². The Hall–Kier alpha value is -2.44. The Bertz CT molecular complexity index is 1170. The fraction of sp³-hybridized carbons (Fsp3) is 0.800. The first-order valence-corrected chi connectivity index (χ1v) is 28.5. The summed E-state index contributed by atoms with van der Waals surface area (Å²) in [5, 5.41) is 23.9. The molecule has 0 aromatic rings. The average Bonchev–Trinajstić information content (AvgIpc) is 3.31. The molecule has 3 atom stereocenters. The fourth-order valence-electron chi connectivity index (χ4n) is 8.49. The molecule has 66 heavy (non-hydrogen) atoms. The molecule has 3 unspecified atom stereocenters. The molecular weight excluding hydrogens is 815 g/mol. The van der Waals surface area contributed by atoms with Gasteiger partial charge in [-0.05, 0) is 89.9 Å². The zero-order chi connectivity index (χ0) is 48.1. The molecule has 0 aliphatic rings. The highest BCUT2D eigenvalue weighted by atomic mass is 16.5. The predicted molar refractivity (Wildman–Crippen MR) is 287 cm³/mol. The lowest BCUT2D eigenvalue weighted by Crippen LogP contribution is -2.46. The second kappa shape index (κ2) is 53.5. The van der Waals surface area contributed by atoms with Crippen molar-refractivity contribution in [1.29, 1.82) is 0 Å². The molecule has 0 fully saturated rings. The van der Waals surface area contributed by atoms with Crippen LogP contribution in [-0.2, 0) is 14.3 Å². The summed E-state index contributed by atoms with van der Waals surface area (Å²) in [6.07, 6.45) is 67.1. The van der Waals surface area contributed by atoms with Gasteiger partial charge in [0.05, 0.1) is 25.2 Å². The van der Waals surface area contributed by atoms with Gasteiger partial charge in [0.1, 0.15) is 6.10 Å². The SMILES string of the molecule is CCCCC/C=C\C/C=C\C/C=C\CCCCC(CC(=O)NC(CO)C(O)CCCCCCCCCCCCCCCCCCC)OC(=O)CCCCCCCC/C=C/C=C/CCCCC. The standard InChI is InChI=1S/C60H109NO5/c1-4-7-10-13-16-19-22-25-28-29-32-34-37-40-43-46-49-52-58(63)57(55-62)61-59(64)54-56(51-48-45-42-39-36-33-30-26-23-20-17-14-11-8-5-2)66-60(65)53-50-47-44-41-38-35-31-27-24-21-18-15-12-9-6-3/h17-18,20-21,24,26-27,30,36,39,56-58,62-63H,4-16,19,22-23,25,28-29,31-35,37-38,40-55H2,1-3H3,(H,61,64)/b20-17-,21-18+,27-24+,30-26-,39-36-. The minimum atomic E-state index is -0.802. The second-order valence-corrected chi connectivity index (χ2v) is 19.4. The third-order valence-corrected chi connectivity index (χ3v) is 12.8. The number of aliphatic hydroxyl groups excluding tert-OH is 2. The van der Waals surface area contributed by atoms with Crippen LogP contribution in [0.1, 0.15) is 284 Å². The quantitative estimate of drug-likeness (QED) is 0.0244. The molecule has 0 aliphatic heterocycles. The Morgan fingerprint density at radius 3 is 1.30 bits per heavy atom. The highest BCUT2D eigenvalue weighted by Crippen LogP contribution is 2.18. The third-order valence-electron chi connectivity index (χ3n) is 12.8. The number of unbranched alkanes of at least 4 members (excludes halogenated alkanes) is 30. The van der Waals surface area contributed by atoms with Gasteiger partial charge in [0.2, 0.25) is 5.91 Å². The van der Waals surface area contributed by atoms with Crippen LogP contribution in [-0.4, -0.2) is 46.9 Å². The number of rotatable bonds is 51. The van der Waals surface area contributed by atoms with Gasteiger partial charge in [-0.3, -0.25) is 9.59 Å². The molecule has 0 aromatic heterocycles. The first-order valence-electron chi connectivity index (χ1n) is 28.5. The zero-order valence-electron chi connectivity index (χ0n) is 43.8. The summed E-state index contributed by atoms with van der Waals surface area (Å²) in [7, 11) is 0. The van der Waals surface area contributed by atoms with E-state index >= 15 is 0 Å². The summed E-state index contributed by atoms with van der Waals surface area (Å²) in [6.45, 7) is 6.44. The summed E-state index contributed by atoms with van der Waals surface area (Å²) in [5.74, 6) is -0.519. The summed E-state index contributed by atoms with van der Waals surface area (Å²) >= 11 is 0. The van der Waals surface area contributed by atoms with E-state index < -0.39 is 18.2 Å². The van der Waals surface area contributed by atoms with E-state index in [0.717, 1.165) is 77.0 Å². The molecular formula is C60H109NO5. The first kappa shape index (κ1) is 63.6. The Kier molecular flexibility index (Phi) is 51.5. The number of aliphatic hydroxyl groups is 2. The van der Waals surface area contributed by atoms with Gasteiger partial charge >= 0.3 is 5.97 Å². The van der Waals surface area contributed by atoms with E-state index in [9.17, 15) is 19.8 Å². The largest absolute Gasteiger partial charge is 0.462 e. The van der Waals surface area contributed by atoms with Crippen molar-refractivity contribution in [3.63, 3.8) is 0 Å². The van der Waals surface area contributed by atoms with E-state index in [1.165, 1.54) is 161 Å². The summed E-state index contributed by atoms with van der Waals surface area (Å²) in [6, 6.07) is -0.718. The van der Waals surface area contributed by atoms with Crippen molar-refractivity contribution in [2.75, 3.05) is 6.61 Å². The van der Waals surface area contributed by atoms with Crippen LogP contribution in [0.4, 0.5) is 0 Å². The molecule has 0 spiro atoms. The maximum absolute atomic E-state index is 13.3. The van der Waals surface area contributed by atoms with Crippen molar-refractivity contribution < 1.29 is 24.5 Å². The van der Waals surface area contributed by atoms with Gasteiger partial charge in [-0.15, -0.1) is 0 Å². The van der Waals surface area contributed by atoms with Crippen LogP contribution in [0.15, 0.2) is 60.8 Å². The molecule has 0 rings (SSSR count). The van der Waals surface area contributed by atoms with Crippen LogP contribution in [0.2, 0.25) is 0 Å². The molecule has 0 saturated carbocycles. The number of carbonyl (C=O) groups is 2. The molecule has 0 radical (unpaired) electrons. The summed E-state index contributed by atoms with van der Waals surface area (Å²) < 4.78 is 5.93. The van der Waals surface area contributed by atoms with E-state index in [1.54, 1.807) is 0 Å². The lowest BCUT2D eigenvalue weighted by atomic mass is 10.0. The van der Waals surface area contributed by atoms with Crippen molar-refractivity contribution >= 4 is 11.9 Å². The van der Waals surface area contributed by atoms with Crippen molar-refractivity contribution in [3.8, 4) is 0 Å². The maximum atomic E-state index is 13.3. The first-order chi connectivity index (χ1) is 32.5. The van der Waals surface area contributed by atoms with Gasteiger partial charge in [0, 0.05) is 6.42 Å². The number of esters is 1. The topological polar surface area (TPSA) is 95.9 Å². The normalized spacial score (nSPS) is 13.6. The Morgan fingerprint density at radius 1 is 0.455 bits per heavy atom. The molecule has 1 amide bonds. The van der Waals surface area contributed by atoms with Crippen molar-refractivity contribution in [1.82, 2.24) is 5.32 Å². The Balaban J connectivity index is 4.60. The molecule has 6 nitrogen and oxygen atoms in total. The summed E-state index contributed by atoms with van der Waals surface area (Å²) in [4.78, 5) is 26.2. The van der Waals surface area contributed by atoms with E-state index in [0.29, 0.717) is 19.3 Å². The number of carbonyl (C=O) groups excluding carboxylic acids is 2. The molecule has 0 heterocycles. The van der Waals surface area contributed by atoms with Gasteiger partial charge in [0.15, 0.2) is 0 Å². The Labute approximate surface area is 409 Å². The summed E-state index contributed by atoms with van der Waals surface area (Å²) in [5.41, 5.74) is 0. The molecule has 0 bridgehead atoms. The molecule has 0 aromatic carbocycles. The van der Waals surface area contributed by atoms with E-state index in [1.807, 2.05) is 0 Å². The molecule has 3 N–H and O–H groups in total. The number of nitrogens with one attached hydrogen (secondary N) is 1. The third kappa shape index (κ3) is 48.0. The number of allylic oxidation sites excluding steroid dienone is 10. The molecule has 0 saturated heterocycles. The van der Waals surface area contributed by atoms with Gasteiger partial charge in [-0.2, -0.15) is 0 Å². The van der Waals surface area contributed by atoms with Gasteiger partial charge in [-0.1, -0.05) is 242 Å². The highest BCUT2D eigenvalue weighted by Gasteiger charge is 2.24. The molecule has 0 aliphatic carbocycles. The molecule has 6 heteroatoms. The number of hydrogen-bond acceptors (Lipinski definition) is 5. The Morgan fingerprint density at radius 2 is 0.818 bits per heavy atom. The van der Waals surface area contributed by atoms with Crippen LogP contribution in [0.5, 0.6) is 0 Å². The van der Waals surface area contributed by atoms with E-state index in [-0.39, 0.29) is 24.9 Å². The maximum Gasteiger partial charge on any atom is 0.306 e. The lowest BCUT2D eigenvalue weighted by molar-refractivity contribution is -0.151. The number of hydrogen-bond donors (Lipinski definition) is 3. The van der Waals surface area contributed by atoms with Crippen LogP contribution in [0.25, 0.3) is 0 Å². The van der Waals surface area contributed by atoms with E-state index in [4.69, 9.17) is 4.74 Å². The minimum Gasteiger partial charge on any atom is -0.462 e. The van der Waals surface area contributed by atoms with Crippen LogP contribution < -0.4 is 5.32 Å². The minimum absolute atomic E-state index is 0.0465. The van der Waals surface area contributed by atoms with Crippen LogP contribution >= 0.6 is 0 Å². The zero-order valence-corrected chi connectivity index (χ0v) is 43.8. The van der Waals surface area contributed by atoms with Crippen molar-refractivity contribution in [2.45, 2.75) is 302 Å². The van der Waals surface area contributed by atoms with Gasteiger partial charge in [0.25, 0.3) is 0 Å². The number of amides is 1. The second-order valence-electron chi connectivity index (χ2n) is 19.4. The van der Waals surface area contributed by atoms with Gasteiger partial charge in [-0.25, -0.2) is 0 Å². The van der Waals surface area contributed by atoms with Crippen molar-refractivity contribution in [3.05, 3.63) is 60.8 Å². The fourth-order valence-corrected chi connectivity index (χ4v) is 8.49. The van der Waals surface area contributed by atoms with Crippen LogP contribution in [0.3, 0.4) is 0 Å².